The fourth-order valence-corrected chi connectivity index (χ4v) is 3.74. The third-order valence-corrected chi connectivity index (χ3v) is 5.44. The molecule has 0 spiro atoms. The van der Waals surface area contributed by atoms with Crippen molar-refractivity contribution >= 4 is 39.2 Å². The zero-order chi connectivity index (χ0) is 21.5. The van der Waals surface area contributed by atoms with E-state index in [1.165, 1.54) is 0 Å². The molecule has 11 heteroatoms. The number of anilines is 2. The largest absolute Gasteiger partial charge is 0.493 e. The minimum Gasteiger partial charge on any atom is -0.493 e. The third-order valence-electron chi connectivity index (χ3n) is 4.81. The molecule has 1 saturated carbocycles. The first kappa shape index (κ1) is 19.4. The van der Waals surface area contributed by atoms with E-state index in [0.717, 1.165) is 23.0 Å². The van der Waals surface area contributed by atoms with Crippen LogP contribution in [-0.2, 0) is 0 Å². The Morgan fingerprint density at radius 3 is 2.94 bits per heavy atom. The van der Waals surface area contributed by atoms with Crippen LogP contribution >= 0.6 is 15.9 Å². The summed E-state index contributed by atoms with van der Waals surface area (Å²) in [5.41, 5.74) is 1.68. The number of rotatable bonds is 5. The Morgan fingerprint density at radius 1 is 1.39 bits per heavy atom. The number of aromatic hydroxyl groups is 1. The molecular formula is C20H18BrN7O3. The van der Waals surface area contributed by atoms with Crippen molar-refractivity contribution in [3.63, 3.8) is 0 Å². The van der Waals surface area contributed by atoms with Crippen molar-refractivity contribution in [3.05, 3.63) is 61.8 Å². The first-order chi connectivity index (χ1) is 15.0. The summed E-state index contributed by atoms with van der Waals surface area (Å²) in [5.74, 6) is 0.964. The van der Waals surface area contributed by atoms with E-state index >= 15 is 0 Å². The molecule has 1 aliphatic rings. The van der Waals surface area contributed by atoms with Crippen LogP contribution in [0.2, 0.25) is 0 Å². The summed E-state index contributed by atoms with van der Waals surface area (Å²) in [6.07, 6.45) is 5.31. The quantitative estimate of drug-likeness (QED) is 0.340. The molecule has 4 aromatic rings. The molecule has 5 rings (SSSR count). The number of H-pyrrole nitrogens is 2. The van der Waals surface area contributed by atoms with Crippen molar-refractivity contribution in [2.24, 2.45) is 4.99 Å². The van der Waals surface area contributed by atoms with Crippen LogP contribution in [0.5, 0.6) is 11.6 Å². The van der Waals surface area contributed by atoms with Gasteiger partial charge < -0.3 is 20.1 Å². The molecule has 1 fully saturated rings. The molecule has 1 aliphatic carbocycles. The Labute approximate surface area is 183 Å². The highest BCUT2D eigenvalue weighted by Gasteiger charge is 2.20. The normalized spacial score (nSPS) is 15.0. The highest BCUT2D eigenvalue weighted by molar-refractivity contribution is 9.10. The molecule has 3 heterocycles. The van der Waals surface area contributed by atoms with E-state index in [2.05, 4.69) is 36.3 Å². The van der Waals surface area contributed by atoms with Gasteiger partial charge in [-0.05, 0) is 47.0 Å². The Hall–Kier alpha value is -3.60. The van der Waals surface area contributed by atoms with Crippen LogP contribution < -0.4 is 26.4 Å². The summed E-state index contributed by atoms with van der Waals surface area (Å²) in [7, 11) is 1.60. The lowest BCUT2D eigenvalue weighted by Crippen LogP contribution is -2.20. The van der Waals surface area contributed by atoms with E-state index in [0.29, 0.717) is 27.9 Å². The predicted molar refractivity (Wildman–Crippen MR) is 117 cm³/mol. The van der Waals surface area contributed by atoms with Gasteiger partial charge in [0.2, 0.25) is 5.88 Å². The van der Waals surface area contributed by atoms with Crippen LogP contribution in [0.15, 0.2) is 44.7 Å². The summed E-state index contributed by atoms with van der Waals surface area (Å²) >= 11 is 3.49. The zero-order valence-electron chi connectivity index (χ0n) is 16.4. The van der Waals surface area contributed by atoms with Crippen molar-refractivity contribution in [2.75, 3.05) is 12.4 Å². The fourth-order valence-electron chi connectivity index (χ4n) is 3.21. The van der Waals surface area contributed by atoms with Gasteiger partial charge in [0.05, 0.1) is 29.5 Å². The maximum Gasteiger partial charge on any atom is 0.326 e. The first-order valence-electron chi connectivity index (χ1n) is 9.57. The third kappa shape index (κ3) is 3.79. The van der Waals surface area contributed by atoms with Crippen molar-refractivity contribution in [3.8, 4) is 11.6 Å². The molecule has 0 unspecified atom stereocenters. The average Bonchev–Trinajstić information content (AvgIpc) is 3.37. The molecule has 0 radical (unpaired) electrons. The summed E-state index contributed by atoms with van der Waals surface area (Å²) in [4.78, 5) is 25.7. The monoisotopic (exact) mass is 483 g/mol. The number of imidazole rings is 1. The molecule has 3 aromatic heterocycles. The topological polar surface area (TPSA) is 133 Å². The molecule has 158 valence electrons. The number of hydrogen-bond donors (Lipinski definition) is 4. The first-order valence-corrected chi connectivity index (χ1v) is 10.4. The van der Waals surface area contributed by atoms with E-state index < -0.39 is 5.69 Å². The van der Waals surface area contributed by atoms with Gasteiger partial charge in [0.1, 0.15) is 11.5 Å². The number of aromatic amines is 2. The van der Waals surface area contributed by atoms with Crippen LogP contribution in [0.25, 0.3) is 11.7 Å². The van der Waals surface area contributed by atoms with Crippen LogP contribution in [0.1, 0.15) is 18.5 Å². The Balaban J connectivity index is 1.69. The molecule has 1 aromatic carbocycles. The number of aromatic nitrogens is 5. The highest BCUT2D eigenvalue weighted by atomic mass is 79.9. The molecule has 4 N–H and O–H groups in total. The summed E-state index contributed by atoms with van der Waals surface area (Å²) in [5, 5.41) is 18.2. The van der Waals surface area contributed by atoms with Crippen LogP contribution in [0, 0.1) is 0 Å². The van der Waals surface area contributed by atoms with Crippen molar-refractivity contribution < 1.29 is 9.84 Å². The second-order valence-electron chi connectivity index (χ2n) is 7.13. The van der Waals surface area contributed by atoms with Crippen LogP contribution in [0.4, 0.5) is 11.5 Å². The minimum absolute atomic E-state index is 0.245. The highest BCUT2D eigenvalue weighted by Crippen LogP contribution is 2.34. The average molecular weight is 484 g/mol. The number of nitrogens with zero attached hydrogens (tertiary/aromatic N) is 4. The van der Waals surface area contributed by atoms with E-state index in [4.69, 9.17) is 14.7 Å². The van der Waals surface area contributed by atoms with Crippen LogP contribution in [-0.4, -0.2) is 42.8 Å². The number of para-hydroxylation sites is 1. The van der Waals surface area contributed by atoms with Gasteiger partial charge in [-0.2, -0.15) is 9.61 Å². The van der Waals surface area contributed by atoms with E-state index in [1.807, 2.05) is 24.3 Å². The van der Waals surface area contributed by atoms with Crippen molar-refractivity contribution in [1.82, 2.24) is 24.6 Å². The lowest BCUT2D eigenvalue weighted by molar-refractivity contribution is 0.414. The number of benzene rings is 1. The van der Waals surface area contributed by atoms with Gasteiger partial charge in [-0.3, -0.25) is 9.98 Å². The Kier molecular flexibility index (Phi) is 4.74. The SMILES string of the molecule is COc1c(Br)cccc1Nc1cc(=NC2CC2)n2ncc(=Cc3[nH]c(=O)[nH]c3O)c2n1. The summed E-state index contributed by atoms with van der Waals surface area (Å²) in [6.45, 7) is 0. The second-order valence-corrected chi connectivity index (χ2v) is 7.98. The van der Waals surface area contributed by atoms with Gasteiger partial charge in [-0.15, -0.1) is 0 Å². The molecular weight excluding hydrogens is 466 g/mol. The van der Waals surface area contributed by atoms with Gasteiger partial charge >= 0.3 is 5.69 Å². The van der Waals surface area contributed by atoms with Gasteiger partial charge in [0.15, 0.2) is 16.9 Å². The zero-order valence-corrected chi connectivity index (χ0v) is 18.0. The molecule has 0 atom stereocenters. The molecule has 0 aliphatic heterocycles. The van der Waals surface area contributed by atoms with Gasteiger partial charge in [-0.25, -0.2) is 9.78 Å². The van der Waals surface area contributed by atoms with Gasteiger partial charge in [-0.1, -0.05) is 6.07 Å². The van der Waals surface area contributed by atoms with E-state index in [1.54, 1.807) is 23.9 Å². The van der Waals surface area contributed by atoms with E-state index in [9.17, 15) is 9.90 Å². The number of fused-ring (bicyclic) bond motifs is 1. The number of ether oxygens (including phenoxy) is 1. The number of halogens is 1. The summed E-state index contributed by atoms with van der Waals surface area (Å²) in [6, 6.07) is 7.78. The maximum atomic E-state index is 11.5. The minimum atomic E-state index is -0.498. The number of hydrogen-bond acceptors (Lipinski definition) is 7. The number of nitrogens with one attached hydrogen (secondary N) is 3. The molecule has 31 heavy (non-hydrogen) atoms. The molecule has 0 saturated heterocycles. The second kappa shape index (κ2) is 7.58. The van der Waals surface area contributed by atoms with E-state index in [-0.39, 0.29) is 17.6 Å². The Bertz CT molecular complexity index is 1470. The Morgan fingerprint density at radius 2 is 2.23 bits per heavy atom. The summed E-state index contributed by atoms with van der Waals surface area (Å²) < 4.78 is 7.96. The van der Waals surface area contributed by atoms with Crippen LogP contribution in [0.3, 0.4) is 0 Å². The predicted octanol–water partition coefficient (Wildman–Crippen LogP) is 1.58. The smallest absolute Gasteiger partial charge is 0.326 e. The van der Waals surface area contributed by atoms with Gasteiger partial charge in [0, 0.05) is 11.3 Å². The lowest BCUT2D eigenvalue weighted by atomic mass is 10.3. The van der Waals surface area contributed by atoms with Gasteiger partial charge in [0.25, 0.3) is 0 Å². The molecule has 0 amide bonds. The standard InChI is InChI=1S/C20H18BrN7O3/c1-31-17-12(21)3-2-4-13(17)24-15-8-16(23-11-5-6-11)28-18(26-15)10(9-22-28)7-14-19(29)27-20(30)25-14/h2-4,7-9,11,24,29H,5-6H2,1H3,(H2,25,27,30). The number of methoxy groups -OCH3 is 1. The molecule has 0 bridgehead atoms. The molecule has 10 nitrogen and oxygen atoms in total. The maximum absolute atomic E-state index is 11.5. The lowest BCUT2D eigenvalue weighted by Gasteiger charge is -2.12. The van der Waals surface area contributed by atoms with Crippen molar-refractivity contribution in [2.45, 2.75) is 18.9 Å². The fraction of sp³-hybridized carbons (Fsp3) is 0.200. The van der Waals surface area contributed by atoms with Crippen molar-refractivity contribution in [1.29, 1.82) is 0 Å².